The van der Waals surface area contributed by atoms with Crippen LogP contribution in [0, 0.1) is 0 Å². The van der Waals surface area contributed by atoms with Gasteiger partial charge in [-0.2, -0.15) is 0 Å². The first-order valence-electron chi connectivity index (χ1n) is 7.66. The minimum absolute atomic E-state index is 0.244. The van der Waals surface area contributed by atoms with E-state index < -0.39 is 0 Å². The summed E-state index contributed by atoms with van der Waals surface area (Å²) in [5.74, 6) is 1.55. The molecule has 0 atom stereocenters. The van der Waals surface area contributed by atoms with E-state index in [1.165, 1.54) is 6.33 Å². The maximum absolute atomic E-state index is 12.2. The molecule has 26 heavy (non-hydrogen) atoms. The first-order chi connectivity index (χ1) is 12.7. The standard InChI is InChI=1S/C17H17N7O2/c1-26-12-7-5-11(6-8-12)17(25)24-23-16-14(18)15(20-10-21-16)22-13-4-2-3-9-19-13/h2-10H,18H2,1H3,(H,24,25)(H2,19,20,21,22,23). The summed E-state index contributed by atoms with van der Waals surface area (Å²) in [6.07, 6.45) is 2.97. The molecule has 3 rings (SSSR count). The van der Waals surface area contributed by atoms with Crippen molar-refractivity contribution in [2.45, 2.75) is 0 Å². The first kappa shape index (κ1) is 17.0. The number of nitrogens with two attached hydrogens (primary N) is 1. The van der Waals surface area contributed by atoms with Crippen molar-refractivity contribution in [1.29, 1.82) is 0 Å². The maximum Gasteiger partial charge on any atom is 0.269 e. The van der Waals surface area contributed by atoms with Crippen molar-refractivity contribution in [3.63, 3.8) is 0 Å². The number of nitrogen functional groups attached to an aromatic ring is 1. The van der Waals surface area contributed by atoms with Gasteiger partial charge >= 0.3 is 0 Å². The second kappa shape index (κ2) is 7.79. The molecule has 5 N–H and O–H groups in total. The van der Waals surface area contributed by atoms with Crippen molar-refractivity contribution in [1.82, 2.24) is 20.4 Å². The van der Waals surface area contributed by atoms with Gasteiger partial charge in [0.05, 0.1) is 7.11 Å². The van der Waals surface area contributed by atoms with E-state index in [9.17, 15) is 4.79 Å². The summed E-state index contributed by atoms with van der Waals surface area (Å²) in [5, 5.41) is 2.99. The molecule has 0 aliphatic carbocycles. The molecule has 0 saturated carbocycles. The Kier molecular flexibility index (Phi) is 5.08. The lowest BCUT2D eigenvalue weighted by Crippen LogP contribution is -2.30. The van der Waals surface area contributed by atoms with Gasteiger partial charge < -0.3 is 15.8 Å². The smallest absolute Gasteiger partial charge is 0.269 e. The van der Waals surface area contributed by atoms with E-state index >= 15 is 0 Å². The lowest BCUT2D eigenvalue weighted by molar-refractivity contribution is 0.0962. The van der Waals surface area contributed by atoms with Crippen LogP contribution in [0.15, 0.2) is 55.0 Å². The Morgan fingerprint density at radius 2 is 1.81 bits per heavy atom. The molecule has 0 unspecified atom stereocenters. The van der Waals surface area contributed by atoms with Gasteiger partial charge in [0.15, 0.2) is 11.6 Å². The van der Waals surface area contributed by atoms with Crippen LogP contribution in [0.25, 0.3) is 0 Å². The average molecular weight is 351 g/mol. The lowest BCUT2D eigenvalue weighted by atomic mass is 10.2. The second-order valence-electron chi connectivity index (χ2n) is 5.13. The SMILES string of the molecule is COc1ccc(C(=O)NNc2ncnc(Nc3ccccn3)c2N)cc1. The summed E-state index contributed by atoms with van der Waals surface area (Å²) in [5.41, 5.74) is 12.0. The third-order valence-corrected chi connectivity index (χ3v) is 3.44. The highest BCUT2D eigenvalue weighted by Gasteiger charge is 2.11. The molecular formula is C17H17N7O2. The molecule has 9 heteroatoms. The number of anilines is 4. The summed E-state index contributed by atoms with van der Waals surface area (Å²) in [6, 6.07) is 12.1. The van der Waals surface area contributed by atoms with Crippen LogP contribution in [-0.4, -0.2) is 28.0 Å². The van der Waals surface area contributed by atoms with Crippen molar-refractivity contribution in [3.8, 4) is 5.75 Å². The number of aromatic nitrogens is 3. The molecule has 1 amide bonds. The highest BCUT2D eigenvalue weighted by Crippen LogP contribution is 2.24. The number of carbonyl (C=O) groups is 1. The van der Waals surface area contributed by atoms with Gasteiger partial charge in [0.2, 0.25) is 0 Å². The number of hydrogen-bond donors (Lipinski definition) is 4. The Bertz CT molecular complexity index is 885. The van der Waals surface area contributed by atoms with Crippen LogP contribution in [0.1, 0.15) is 10.4 Å². The van der Waals surface area contributed by atoms with E-state index in [-0.39, 0.29) is 17.4 Å². The van der Waals surface area contributed by atoms with E-state index in [1.54, 1.807) is 49.7 Å². The molecule has 1 aromatic carbocycles. The second-order valence-corrected chi connectivity index (χ2v) is 5.13. The van der Waals surface area contributed by atoms with Crippen LogP contribution in [0.4, 0.5) is 23.1 Å². The van der Waals surface area contributed by atoms with Crippen LogP contribution in [0.3, 0.4) is 0 Å². The van der Waals surface area contributed by atoms with Gasteiger partial charge in [-0.25, -0.2) is 15.0 Å². The minimum Gasteiger partial charge on any atom is -0.497 e. The zero-order chi connectivity index (χ0) is 18.4. The van der Waals surface area contributed by atoms with Gasteiger partial charge in [0.1, 0.15) is 23.6 Å². The number of carbonyl (C=O) groups excluding carboxylic acids is 1. The minimum atomic E-state index is -0.343. The number of nitrogens with one attached hydrogen (secondary N) is 3. The largest absolute Gasteiger partial charge is 0.497 e. The summed E-state index contributed by atoms with van der Waals surface area (Å²) >= 11 is 0. The summed E-state index contributed by atoms with van der Waals surface area (Å²) < 4.78 is 5.06. The quantitative estimate of drug-likeness (QED) is 0.496. The molecule has 2 heterocycles. The number of ether oxygens (including phenoxy) is 1. The Morgan fingerprint density at radius 3 is 2.50 bits per heavy atom. The van der Waals surface area contributed by atoms with Gasteiger partial charge in [-0.3, -0.25) is 15.6 Å². The maximum atomic E-state index is 12.2. The molecule has 0 spiro atoms. The Morgan fingerprint density at radius 1 is 1.04 bits per heavy atom. The summed E-state index contributed by atoms with van der Waals surface area (Å²) in [7, 11) is 1.56. The van der Waals surface area contributed by atoms with Gasteiger partial charge in [0, 0.05) is 11.8 Å². The molecule has 0 radical (unpaired) electrons. The number of nitrogens with zero attached hydrogens (tertiary/aromatic N) is 3. The van der Waals surface area contributed by atoms with Crippen LogP contribution < -0.4 is 26.6 Å². The van der Waals surface area contributed by atoms with Gasteiger partial charge in [-0.05, 0) is 36.4 Å². The van der Waals surface area contributed by atoms with Gasteiger partial charge in [0.25, 0.3) is 5.91 Å². The number of rotatable bonds is 6. The number of hydrazine groups is 1. The first-order valence-corrected chi connectivity index (χ1v) is 7.66. The van der Waals surface area contributed by atoms with Crippen molar-refractivity contribution < 1.29 is 9.53 Å². The number of pyridine rings is 1. The Balaban J connectivity index is 1.67. The monoisotopic (exact) mass is 351 g/mol. The summed E-state index contributed by atoms with van der Waals surface area (Å²) in [4.78, 5) is 24.4. The third kappa shape index (κ3) is 3.96. The molecular weight excluding hydrogens is 334 g/mol. The Hall–Kier alpha value is -3.88. The van der Waals surface area contributed by atoms with Crippen molar-refractivity contribution in [3.05, 3.63) is 60.6 Å². The topological polar surface area (TPSA) is 127 Å². The zero-order valence-corrected chi connectivity index (χ0v) is 13.9. The van der Waals surface area contributed by atoms with Crippen LogP contribution in [0.5, 0.6) is 5.75 Å². The van der Waals surface area contributed by atoms with E-state index in [4.69, 9.17) is 10.5 Å². The average Bonchev–Trinajstić information content (AvgIpc) is 2.69. The molecule has 132 valence electrons. The van der Waals surface area contributed by atoms with E-state index in [0.29, 0.717) is 22.9 Å². The van der Waals surface area contributed by atoms with Crippen molar-refractivity contribution in [2.75, 3.05) is 23.6 Å². The molecule has 0 aliphatic rings. The zero-order valence-electron chi connectivity index (χ0n) is 13.9. The molecule has 0 aliphatic heterocycles. The highest BCUT2D eigenvalue weighted by atomic mass is 16.5. The summed E-state index contributed by atoms with van der Waals surface area (Å²) in [6.45, 7) is 0. The Labute approximate surface area is 149 Å². The predicted octanol–water partition coefficient (Wildman–Crippen LogP) is 1.96. The number of hydrogen-bond acceptors (Lipinski definition) is 8. The van der Waals surface area contributed by atoms with E-state index in [0.717, 1.165) is 0 Å². The van der Waals surface area contributed by atoms with E-state index in [1.807, 2.05) is 6.07 Å². The fourth-order valence-corrected chi connectivity index (χ4v) is 2.08. The fraction of sp³-hybridized carbons (Fsp3) is 0.0588. The highest BCUT2D eigenvalue weighted by molar-refractivity contribution is 5.95. The van der Waals surface area contributed by atoms with Crippen molar-refractivity contribution >= 4 is 29.0 Å². The van der Waals surface area contributed by atoms with Crippen LogP contribution in [-0.2, 0) is 0 Å². The van der Waals surface area contributed by atoms with Crippen LogP contribution >= 0.6 is 0 Å². The van der Waals surface area contributed by atoms with E-state index in [2.05, 4.69) is 31.1 Å². The molecule has 2 aromatic heterocycles. The van der Waals surface area contributed by atoms with Crippen molar-refractivity contribution in [2.24, 2.45) is 0 Å². The van der Waals surface area contributed by atoms with Gasteiger partial charge in [-0.15, -0.1) is 0 Å². The number of benzene rings is 1. The molecule has 0 bridgehead atoms. The predicted molar refractivity (Wildman–Crippen MR) is 98.0 cm³/mol. The molecule has 9 nitrogen and oxygen atoms in total. The molecule has 3 aromatic rings. The van der Waals surface area contributed by atoms with Crippen LogP contribution in [0.2, 0.25) is 0 Å². The normalized spacial score (nSPS) is 10.0. The molecule has 0 fully saturated rings. The fourth-order valence-electron chi connectivity index (χ4n) is 2.08. The number of methoxy groups -OCH3 is 1. The van der Waals surface area contributed by atoms with Gasteiger partial charge in [-0.1, -0.05) is 6.07 Å². The molecule has 0 saturated heterocycles. The third-order valence-electron chi connectivity index (χ3n) is 3.44. The lowest BCUT2D eigenvalue weighted by Gasteiger charge is -2.13. The number of amides is 1.